The maximum atomic E-state index is 2.51. The Hall–Kier alpha value is -0.0500. The minimum absolute atomic E-state index is 0.614. The lowest BCUT2D eigenvalue weighted by Crippen LogP contribution is -2.03. The Kier molecular flexibility index (Phi) is 4.84. The van der Waals surface area contributed by atoms with Crippen LogP contribution in [-0.4, -0.2) is 0 Å². The first-order chi connectivity index (χ1) is 7.34. The van der Waals surface area contributed by atoms with E-state index < -0.39 is 0 Å². The molecule has 0 spiro atoms. The number of rotatable bonds is 3. The molecule has 1 heteroatoms. The van der Waals surface area contributed by atoms with E-state index in [-0.39, 0.29) is 0 Å². The lowest BCUT2D eigenvalue weighted by Gasteiger charge is -2.19. The van der Waals surface area contributed by atoms with Crippen molar-refractivity contribution in [3.05, 3.63) is 32.4 Å². The second-order valence-electron chi connectivity index (χ2n) is 5.48. The molecule has 0 fully saturated rings. The van der Waals surface area contributed by atoms with Crippen molar-refractivity contribution in [2.45, 2.75) is 59.3 Å². The van der Waals surface area contributed by atoms with E-state index in [1.807, 2.05) is 0 Å². The fraction of sp³-hybridized carbons (Fsp3) is 0.600. The van der Waals surface area contributed by atoms with Crippen LogP contribution >= 0.6 is 22.6 Å². The normalized spacial score (nSPS) is 11.9. The molecule has 0 aliphatic rings. The first-order valence-corrected chi connectivity index (χ1v) is 7.25. The van der Waals surface area contributed by atoms with Gasteiger partial charge in [-0.3, -0.25) is 0 Å². The van der Waals surface area contributed by atoms with Crippen LogP contribution in [0, 0.1) is 3.57 Å². The Bertz CT molecular complexity index is 333. The molecule has 0 nitrogen and oxygen atoms in total. The van der Waals surface area contributed by atoms with E-state index in [2.05, 4.69) is 76.3 Å². The standard InChI is InChI=1S/C15H23I/c1-9(2)12-7-13(10(3)4)15(16)14(8-12)11(5)6/h7-11H,1-6H3. The fourth-order valence-electron chi connectivity index (χ4n) is 1.87. The highest BCUT2D eigenvalue weighted by molar-refractivity contribution is 14.1. The molecule has 0 unspecified atom stereocenters. The maximum absolute atomic E-state index is 2.51. The predicted molar refractivity (Wildman–Crippen MR) is 81.4 cm³/mol. The molecule has 1 aromatic rings. The van der Waals surface area contributed by atoms with Gasteiger partial charge in [0.2, 0.25) is 0 Å². The Balaban J connectivity index is 3.39. The van der Waals surface area contributed by atoms with Gasteiger partial charge in [-0.25, -0.2) is 0 Å². The summed E-state index contributed by atoms with van der Waals surface area (Å²) >= 11 is 2.51. The second kappa shape index (κ2) is 5.52. The maximum Gasteiger partial charge on any atom is 0.0199 e. The third-order valence-electron chi connectivity index (χ3n) is 3.06. The van der Waals surface area contributed by atoms with Gasteiger partial charge in [-0.15, -0.1) is 0 Å². The number of hydrogen-bond donors (Lipinski definition) is 0. The van der Waals surface area contributed by atoms with Crippen molar-refractivity contribution in [1.29, 1.82) is 0 Å². The summed E-state index contributed by atoms with van der Waals surface area (Å²) < 4.78 is 1.46. The molecular formula is C15H23I. The molecule has 16 heavy (non-hydrogen) atoms. The average Bonchev–Trinajstić information content (AvgIpc) is 2.16. The molecule has 0 aliphatic carbocycles. The van der Waals surface area contributed by atoms with Gasteiger partial charge in [0.1, 0.15) is 0 Å². The summed E-state index contributed by atoms with van der Waals surface area (Å²) in [6, 6.07) is 4.78. The first kappa shape index (κ1) is 14.0. The van der Waals surface area contributed by atoms with Crippen molar-refractivity contribution in [2.75, 3.05) is 0 Å². The lowest BCUT2D eigenvalue weighted by molar-refractivity contribution is 0.795. The van der Waals surface area contributed by atoms with Crippen molar-refractivity contribution in [2.24, 2.45) is 0 Å². The van der Waals surface area contributed by atoms with Crippen LogP contribution in [0.25, 0.3) is 0 Å². The largest absolute Gasteiger partial charge is 0.0587 e. The number of benzene rings is 1. The zero-order chi connectivity index (χ0) is 12.5. The van der Waals surface area contributed by atoms with Crippen LogP contribution in [0.1, 0.15) is 76.0 Å². The number of hydrogen-bond acceptors (Lipinski definition) is 0. The molecule has 0 aliphatic heterocycles. The topological polar surface area (TPSA) is 0 Å². The third-order valence-corrected chi connectivity index (χ3v) is 4.31. The van der Waals surface area contributed by atoms with E-state index in [1.165, 1.54) is 20.3 Å². The van der Waals surface area contributed by atoms with Gasteiger partial charge >= 0.3 is 0 Å². The highest BCUT2D eigenvalue weighted by atomic mass is 127. The second-order valence-corrected chi connectivity index (χ2v) is 6.56. The van der Waals surface area contributed by atoms with Crippen molar-refractivity contribution < 1.29 is 0 Å². The molecule has 0 heterocycles. The molecular weight excluding hydrogens is 307 g/mol. The summed E-state index contributed by atoms with van der Waals surface area (Å²) in [5.74, 6) is 1.85. The van der Waals surface area contributed by atoms with Gasteiger partial charge in [-0.1, -0.05) is 53.7 Å². The average molecular weight is 330 g/mol. The molecule has 1 aromatic carbocycles. The van der Waals surface area contributed by atoms with Crippen molar-refractivity contribution in [1.82, 2.24) is 0 Å². The van der Waals surface area contributed by atoms with Crippen molar-refractivity contribution >= 4 is 22.6 Å². The molecule has 90 valence electrons. The van der Waals surface area contributed by atoms with Crippen LogP contribution in [-0.2, 0) is 0 Å². The zero-order valence-electron chi connectivity index (χ0n) is 11.3. The van der Waals surface area contributed by atoms with E-state index in [9.17, 15) is 0 Å². The minimum Gasteiger partial charge on any atom is -0.0587 e. The van der Waals surface area contributed by atoms with Crippen LogP contribution in [0.5, 0.6) is 0 Å². The fourth-order valence-corrected chi connectivity index (χ4v) is 3.42. The van der Waals surface area contributed by atoms with Crippen LogP contribution in [0.15, 0.2) is 12.1 Å². The first-order valence-electron chi connectivity index (χ1n) is 6.17. The van der Waals surface area contributed by atoms with Gasteiger partial charge in [-0.05, 0) is 57.0 Å². The van der Waals surface area contributed by atoms with E-state index in [0.29, 0.717) is 17.8 Å². The lowest BCUT2D eigenvalue weighted by atomic mass is 9.90. The van der Waals surface area contributed by atoms with Crippen LogP contribution in [0.3, 0.4) is 0 Å². The molecule has 0 amide bonds. The highest BCUT2D eigenvalue weighted by Crippen LogP contribution is 2.32. The summed E-state index contributed by atoms with van der Waals surface area (Å²) in [5.41, 5.74) is 4.50. The molecule has 0 N–H and O–H groups in total. The van der Waals surface area contributed by atoms with Crippen LogP contribution in [0.2, 0.25) is 0 Å². The minimum atomic E-state index is 0.614. The predicted octanol–water partition coefficient (Wildman–Crippen LogP) is 5.66. The summed E-state index contributed by atoms with van der Waals surface area (Å²) in [6.07, 6.45) is 0. The molecule has 1 rings (SSSR count). The molecule has 0 radical (unpaired) electrons. The Morgan fingerprint density at radius 3 is 1.38 bits per heavy atom. The Morgan fingerprint density at radius 2 is 1.12 bits per heavy atom. The summed E-state index contributed by atoms with van der Waals surface area (Å²) in [7, 11) is 0. The van der Waals surface area contributed by atoms with Crippen LogP contribution < -0.4 is 0 Å². The van der Waals surface area contributed by atoms with Gasteiger partial charge < -0.3 is 0 Å². The van der Waals surface area contributed by atoms with Gasteiger partial charge in [-0.2, -0.15) is 0 Å². The third kappa shape index (κ3) is 2.99. The SMILES string of the molecule is CC(C)c1cc(C(C)C)c(I)c(C(C)C)c1. The Labute approximate surface area is 114 Å². The van der Waals surface area contributed by atoms with Gasteiger partial charge in [0.05, 0.1) is 0 Å². The quantitative estimate of drug-likeness (QED) is 0.627. The van der Waals surface area contributed by atoms with Crippen molar-refractivity contribution in [3.63, 3.8) is 0 Å². The van der Waals surface area contributed by atoms with Crippen LogP contribution in [0.4, 0.5) is 0 Å². The molecule has 0 bridgehead atoms. The molecule has 0 saturated heterocycles. The molecule has 0 aromatic heterocycles. The van der Waals surface area contributed by atoms with E-state index >= 15 is 0 Å². The van der Waals surface area contributed by atoms with E-state index in [4.69, 9.17) is 0 Å². The highest BCUT2D eigenvalue weighted by Gasteiger charge is 2.14. The molecule has 0 atom stereocenters. The van der Waals surface area contributed by atoms with E-state index in [0.717, 1.165) is 0 Å². The van der Waals surface area contributed by atoms with Gasteiger partial charge in [0.25, 0.3) is 0 Å². The zero-order valence-corrected chi connectivity index (χ0v) is 13.4. The smallest absolute Gasteiger partial charge is 0.0199 e. The van der Waals surface area contributed by atoms with E-state index in [1.54, 1.807) is 0 Å². The Morgan fingerprint density at radius 1 is 0.750 bits per heavy atom. The van der Waals surface area contributed by atoms with Crippen molar-refractivity contribution in [3.8, 4) is 0 Å². The van der Waals surface area contributed by atoms with Gasteiger partial charge in [0, 0.05) is 3.57 Å². The monoisotopic (exact) mass is 330 g/mol. The molecule has 0 saturated carbocycles. The summed E-state index contributed by atoms with van der Waals surface area (Å²) in [4.78, 5) is 0. The number of halogens is 1. The summed E-state index contributed by atoms with van der Waals surface area (Å²) in [5, 5.41) is 0. The summed E-state index contributed by atoms with van der Waals surface area (Å²) in [6.45, 7) is 13.7. The van der Waals surface area contributed by atoms with Gasteiger partial charge in [0.15, 0.2) is 0 Å².